The highest BCUT2D eigenvalue weighted by Crippen LogP contribution is 2.47. The molecule has 38 nitrogen and oxygen atoms in total. The number of hydrogen-bond donors (Lipinski definition) is 8. The Morgan fingerprint density at radius 1 is 0.399 bits per heavy atom. The lowest BCUT2D eigenvalue weighted by atomic mass is 9.87. The highest BCUT2D eigenvalue weighted by molar-refractivity contribution is 7.20. The summed E-state index contributed by atoms with van der Waals surface area (Å²) in [6, 6.07) is 87.9. The molecule has 8 heterocycles. The molecule has 0 unspecified atom stereocenters. The third-order valence-electron chi connectivity index (χ3n) is 22.9. The molecule has 39 heteroatoms. The van der Waals surface area contributed by atoms with Gasteiger partial charge in [-0.3, -0.25) is 19.2 Å². The van der Waals surface area contributed by atoms with Crippen molar-refractivity contribution in [1.82, 2.24) is 78.8 Å². The van der Waals surface area contributed by atoms with E-state index in [0.717, 1.165) is 32.2 Å². The van der Waals surface area contributed by atoms with Gasteiger partial charge in [0.1, 0.15) is 29.1 Å². The second-order valence-electron chi connectivity index (χ2n) is 33.4. The fourth-order valence-corrected chi connectivity index (χ4v) is 16.5. The number of azo groups is 4. The minimum atomic E-state index is -0.515. The molecule has 0 aliphatic carbocycles. The lowest BCUT2D eigenvalue weighted by Crippen LogP contribution is -2.14. The SMILES string of the molecule is O=C(Nc1ccc(CO)cc1)c1cc2ccccc2c(N=Nc2nncn2-c2nc3ccccc3s2)c1O.O=C(Nc1ccccc1)c1cc2ccccc2c(N=Nc2nc3ccccc3n2-c2ncccn2)c1O.[C-]#[N+]c1cnn(-c2ncccn2)c1N=Nc1c(O)c(C(=O)Nc2ccc(C(C)(C)C)cc2)cc2ccccc12.[C-]#[N+]c1cnn(-c2ncccn2)c1N=Nc1c(O)c(C(=O)c2ccccc2)cc2ccccc12. The van der Waals surface area contributed by atoms with Crippen LogP contribution < -0.4 is 16.0 Å². The van der Waals surface area contributed by atoms with E-state index < -0.39 is 17.7 Å². The molecule has 0 spiro atoms. The molecule has 0 saturated carbocycles. The van der Waals surface area contributed by atoms with Gasteiger partial charge >= 0.3 is 0 Å². The van der Waals surface area contributed by atoms with E-state index in [4.69, 9.17) is 13.1 Å². The number of amides is 3. The van der Waals surface area contributed by atoms with Crippen LogP contribution in [0, 0.1) is 13.1 Å². The molecular weight excluding hydrogens is 1890 g/mol. The van der Waals surface area contributed by atoms with E-state index in [1.54, 1.807) is 180 Å². The number of ketones is 1. The molecule has 0 radical (unpaired) electrons. The topological polar surface area (TPSA) is 488 Å². The average molecular weight is 1970 g/mol. The van der Waals surface area contributed by atoms with Crippen LogP contribution in [0.25, 0.3) is 97.0 Å². The van der Waals surface area contributed by atoms with Crippen LogP contribution in [0.5, 0.6) is 23.0 Å². The minimum Gasteiger partial charge on any atom is -0.505 e. The van der Waals surface area contributed by atoms with E-state index in [-0.39, 0.29) is 133 Å². The molecule has 22 aromatic rings. The molecule has 0 fully saturated rings. The molecule has 3 amide bonds. The first kappa shape index (κ1) is 95.8. The molecule has 0 aliphatic heterocycles. The lowest BCUT2D eigenvalue weighted by Gasteiger charge is -2.19. The fourth-order valence-electron chi connectivity index (χ4n) is 15.5. The summed E-state index contributed by atoms with van der Waals surface area (Å²) >= 11 is 1.46. The summed E-state index contributed by atoms with van der Waals surface area (Å²) in [5.74, 6) is -1.65. The van der Waals surface area contributed by atoms with Crippen LogP contribution in [0.4, 0.5) is 74.7 Å². The Morgan fingerprint density at radius 3 is 1.24 bits per heavy atom. The van der Waals surface area contributed by atoms with Crippen molar-refractivity contribution >= 4 is 174 Å². The van der Waals surface area contributed by atoms with Gasteiger partial charge in [0.2, 0.25) is 5.95 Å². The number of aromatic hydroxyl groups is 4. The zero-order valence-corrected chi connectivity index (χ0v) is 78.9. The van der Waals surface area contributed by atoms with Crippen molar-refractivity contribution in [2.75, 3.05) is 16.0 Å². The van der Waals surface area contributed by atoms with Gasteiger partial charge in [-0.05, 0) is 141 Å². The third-order valence-corrected chi connectivity index (χ3v) is 23.9. The normalized spacial score (nSPS) is 11.4. The third kappa shape index (κ3) is 20.6. The van der Waals surface area contributed by atoms with E-state index in [0.29, 0.717) is 76.9 Å². The number of aromatic nitrogens is 16. The standard InChI is InChI=1S/C29H24N8O2.C28H19N7O2.C27H19N7O3S.C25H15N7O2/c1-29(2,3)19-10-12-20(13-11-19)34-27(39)22-16-18-8-5-6-9-21(18)24(25(22)38)35-36-26-23(30-4)17-33-37(26)28-31-14-7-15-32-28;36-25-21(26(37)31-19-10-2-1-3-11-19)17-18-9-4-5-12-20(18)24(25)33-34-28-32-22-13-6-7-14-23(22)35(28)27-29-15-8-16-30-27;35-14-16-9-11-18(12-10-16)29-25(37)20-13-17-5-1-2-6-19(17)23(24(20)36)31-33-26-32-28-15-34(26)27-30-21-7-3-4-8-22(21)38-27;1-26-20-15-29-32(25-27-12-7-13-28-25)24(20)31-30-21-18-11-6-5-10-17(18)14-19(23(21)34)22(33)16-8-3-2-4-9-16/h5-17,38H,1-3H3,(H,34,39);1-17,36H,(H,31,37);1-13,15,35-36H,14H2,(H,29,37);2-15,34H. The molecule has 8 N–H and O–H groups in total. The maximum Gasteiger partial charge on any atom is 0.276 e. The quantitative estimate of drug-likeness (QED) is 0.0188. The average Bonchev–Trinajstić information content (AvgIpc) is 1.50. The monoisotopic (exact) mass is 1970 g/mol. The Hall–Kier alpha value is -21.1. The number of nitrogens with zero attached hydrogens (tertiary/aromatic N) is 26. The molecule has 0 saturated heterocycles. The number of phenols is 4. The van der Waals surface area contributed by atoms with Gasteiger partial charge < -0.3 is 41.5 Å². The summed E-state index contributed by atoms with van der Waals surface area (Å²) in [5.41, 5.74) is 7.28. The number of hydrogen-bond acceptors (Lipinski definition) is 30. The highest BCUT2D eigenvalue weighted by Gasteiger charge is 2.28. The Bertz CT molecular complexity index is 8990. The number of nitrogens with one attached hydrogen (secondary N) is 3. The molecule has 718 valence electrons. The summed E-state index contributed by atoms with van der Waals surface area (Å²) in [6.45, 7) is 21.2. The zero-order chi connectivity index (χ0) is 102. The van der Waals surface area contributed by atoms with Crippen LogP contribution in [0.1, 0.15) is 78.9 Å². The smallest absolute Gasteiger partial charge is 0.276 e. The van der Waals surface area contributed by atoms with Gasteiger partial charge in [0.05, 0.1) is 75.6 Å². The van der Waals surface area contributed by atoms with Crippen molar-refractivity contribution in [3.05, 3.63) is 415 Å². The number of rotatable bonds is 21. The predicted molar refractivity (Wildman–Crippen MR) is 559 cm³/mol. The van der Waals surface area contributed by atoms with Gasteiger partial charge in [0.25, 0.3) is 52.9 Å². The highest BCUT2D eigenvalue weighted by atomic mass is 32.1. The number of para-hydroxylation sites is 4. The van der Waals surface area contributed by atoms with E-state index in [2.05, 4.69) is 148 Å². The number of aliphatic hydroxyl groups is 1. The van der Waals surface area contributed by atoms with E-state index in [9.17, 15) is 44.7 Å². The number of phenolic OH excluding ortho intramolecular Hbond substituents is 4. The summed E-state index contributed by atoms with van der Waals surface area (Å²) in [4.78, 5) is 94.0. The Labute approximate surface area is 843 Å². The molecule has 22 rings (SSSR count). The fraction of sp³-hybridized carbons (Fsp3) is 0.0459. The van der Waals surface area contributed by atoms with Crippen molar-refractivity contribution in [2.24, 2.45) is 40.9 Å². The molecular formula is C109H77N29O9S. The van der Waals surface area contributed by atoms with Crippen LogP contribution in [-0.4, -0.2) is 128 Å². The number of benzene rings is 14. The summed E-state index contributed by atoms with van der Waals surface area (Å²) in [7, 11) is 0. The molecule has 0 aliphatic rings. The van der Waals surface area contributed by atoms with Crippen molar-refractivity contribution in [3.8, 4) is 46.0 Å². The maximum atomic E-state index is 13.3. The van der Waals surface area contributed by atoms with E-state index >= 15 is 0 Å². The number of anilines is 3. The zero-order valence-electron chi connectivity index (χ0n) is 78.1. The predicted octanol–water partition coefficient (Wildman–Crippen LogP) is 25.0. The van der Waals surface area contributed by atoms with Crippen molar-refractivity contribution < 1.29 is 44.7 Å². The first-order valence-corrected chi connectivity index (χ1v) is 46.1. The molecule has 148 heavy (non-hydrogen) atoms. The first-order chi connectivity index (χ1) is 72.2. The van der Waals surface area contributed by atoms with Crippen molar-refractivity contribution in [3.63, 3.8) is 0 Å². The Morgan fingerprint density at radius 2 is 0.784 bits per heavy atom. The number of imidazole rings is 1. The van der Waals surface area contributed by atoms with Gasteiger partial charge in [0, 0.05) is 81.4 Å². The number of carbonyl (C=O) groups excluding carboxylic acids is 4. The van der Waals surface area contributed by atoms with Gasteiger partial charge in [-0.1, -0.05) is 226 Å². The summed E-state index contributed by atoms with van der Waals surface area (Å²) < 4.78 is 6.87. The maximum absolute atomic E-state index is 13.3. The van der Waals surface area contributed by atoms with Crippen molar-refractivity contribution in [2.45, 2.75) is 32.8 Å². The van der Waals surface area contributed by atoms with E-state index in [1.807, 2.05) is 164 Å². The van der Waals surface area contributed by atoms with E-state index in [1.165, 1.54) is 39.4 Å². The van der Waals surface area contributed by atoms with Crippen LogP contribution in [0.3, 0.4) is 0 Å². The van der Waals surface area contributed by atoms with Crippen LogP contribution in [0.15, 0.2) is 394 Å². The second kappa shape index (κ2) is 42.9. The largest absolute Gasteiger partial charge is 0.505 e. The molecule has 14 aromatic carbocycles. The molecule has 8 aromatic heterocycles. The number of thiazole rings is 1. The first-order valence-electron chi connectivity index (χ1n) is 45.2. The van der Waals surface area contributed by atoms with Crippen LogP contribution in [0.2, 0.25) is 0 Å². The Balaban J connectivity index is 0.000000124. The lowest BCUT2D eigenvalue weighted by molar-refractivity contribution is 0.101. The van der Waals surface area contributed by atoms with Gasteiger partial charge in [-0.15, -0.1) is 51.1 Å². The minimum absolute atomic E-state index is 0.0197. The number of aliphatic hydroxyl groups excluding tert-OH is 1. The number of carbonyl (C=O) groups is 4. The van der Waals surface area contributed by atoms with Crippen LogP contribution >= 0.6 is 11.3 Å². The summed E-state index contributed by atoms with van der Waals surface area (Å²) in [6.07, 6.45) is 13.6. The van der Waals surface area contributed by atoms with Crippen LogP contribution in [-0.2, 0) is 12.0 Å². The van der Waals surface area contributed by atoms with Gasteiger partial charge in [0.15, 0.2) is 45.5 Å². The second-order valence-corrected chi connectivity index (χ2v) is 34.4. The molecule has 0 bridgehead atoms. The number of fused-ring (bicyclic) bond motifs is 6. The summed E-state index contributed by atoms with van der Waals surface area (Å²) in [5, 5.41) is 119. The molecule has 0 atom stereocenters. The van der Waals surface area contributed by atoms with Gasteiger partial charge in [-0.25, -0.2) is 58.7 Å². The van der Waals surface area contributed by atoms with Gasteiger partial charge in [-0.2, -0.15) is 19.6 Å². The van der Waals surface area contributed by atoms with Crippen molar-refractivity contribution in [1.29, 1.82) is 0 Å². The Kier molecular flexibility index (Phi) is 27.8.